The van der Waals surface area contributed by atoms with Gasteiger partial charge in [-0.25, -0.2) is 0 Å². The SMILES string of the molecule is CCNCc1ccc(-c2ccc(CC(C)C)cc2)cc1. The summed E-state index contributed by atoms with van der Waals surface area (Å²) in [6, 6.07) is 17.8. The van der Waals surface area contributed by atoms with Crippen molar-refractivity contribution in [1.82, 2.24) is 5.32 Å². The van der Waals surface area contributed by atoms with Gasteiger partial charge < -0.3 is 5.32 Å². The Hall–Kier alpha value is -1.60. The molecule has 0 radical (unpaired) electrons. The second-order valence-electron chi connectivity index (χ2n) is 5.77. The van der Waals surface area contributed by atoms with Gasteiger partial charge in [0.1, 0.15) is 0 Å². The van der Waals surface area contributed by atoms with Crippen molar-refractivity contribution in [3.63, 3.8) is 0 Å². The first kappa shape index (κ1) is 14.8. The second-order valence-corrected chi connectivity index (χ2v) is 5.77. The normalized spacial score (nSPS) is 11.0. The van der Waals surface area contributed by atoms with E-state index >= 15 is 0 Å². The summed E-state index contributed by atoms with van der Waals surface area (Å²) in [6.07, 6.45) is 1.15. The van der Waals surface area contributed by atoms with Crippen LogP contribution in [0.2, 0.25) is 0 Å². The van der Waals surface area contributed by atoms with Gasteiger partial charge in [0.15, 0.2) is 0 Å². The first-order valence-electron chi connectivity index (χ1n) is 7.58. The fourth-order valence-corrected chi connectivity index (χ4v) is 2.39. The molecule has 0 spiro atoms. The lowest BCUT2D eigenvalue weighted by Crippen LogP contribution is -2.11. The predicted molar refractivity (Wildman–Crippen MR) is 87.8 cm³/mol. The zero-order valence-corrected chi connectivity index (χ0v) is 12.8. The van der Waals surface area contributed by atoms with Crippen molar-refractivity contribution >= 4 is 0 Å². The molecule has 1 heteroatoms. The summed E-state index contributed by atoms with van der Waals surface area (Å²) < 4.78 is 0. The van der Waals surface area contributed by atoms with Gasteiger partial charge in [0.05, 0.1) is 0 Å². The average molecular weight is 267 g/mol. The van der Waals surface area contributed by atoms with Gasteiger partial charge in [0.25, 0.3) is 0 Å². The Labute approximate surface area is 123 Å². The third kappa shape index (κ3) is 4.21. The molecule has 0 saturated carbocycles. The molecule has 0 bridgehead atoms. The van der Waals surface area contributed by atoms with Crippen LogP contribution in [0.1, 0.15) is 31.9 Å². The second kappa shape index (κ2) is 7.25. The molecule has 0 unspecified atom stereocenters. The fraction of sp³-hybridized carbons (Fsp3) is 0.368. The molecule has 1 nitrogen and oxygen atoms in total. The van der Waals surface area contributed by atoms with E-state index in [2.05, 4.69) is 74.6 Å². The lowest BCUT2D eigenvalue weighted by atomic mass is 9.98. The summed E-state index contributed by atoms with van der Waals surface area (Å²) in [7, 11) is 0. The predicted octanol–water partition coefficient (Wildman–Crippen LogP) is 4.66. The van der Waals surface area contributed by atoms with Crippen LogP contribution in [0.25, 0.3) is 11.1 Å². The highest BCUT2D eigenvalue weighted by Crippen LogP contribution is 2.21. The van der Waals surface area contributed by atoms with Gasteiger partial charge in [-0.15, -0.1) is 0 Å². The van der Waals surface area contributed by atoms with Crippen LogP contribution in [0, 0.1) is 5.92 Å². The van der Waals surface area contributed by atoms with Gasteiger partial charge in [-0.1, -0.05) is 69.3 Å². The van der Waals surface area contributed by atoms with E-state index < -0.39 is 0 Å². The molecule has 0 aliphatic heterocycles. The Balaban J connectivity index is 2.07. The maximum atomic E-state index is 3.35. The van der Waals surface area contributed by atoms with Gasteiger partial charge >= 0.3 is 0 Å². The molecule has 1 N–H and O–H groups in total. The third-order valence-corrected chi connectivity index (χ3v) is 3.46. The van der Waals surface area contributed by atoms with Crippen LogP contribution in [0.3, 0.4) is 0 Å². The quantitative estimate of drug-likeness (QED) is 0.802. The molecule has 20 heavy (non-hydrogen) atoms. The maximum absolute atomic E-state index is 3.35. The summed E-state index contributed by atoms with van der Waals surface area (Å²) in [5, 5.41) is 3.35. The van der Waals surface area contributed by atoms with Crippen molar-refractivity contribution in [2.24, 2.45) is 5.92 Å². The van der Waals surface area contributed by atoms with E-state index in [-0.39, 0.29) is 0 Å². The lowest BCUT2D eigenvalue weighted by molar-refractivity contribution is 0.647. The molecule has 0 saturated heterocycles. The Kier molecular flexibility index (Phi) is 5.37. The maximum Gasteiger partial charge on any atom is 0.0205 e. The van der Waals surface area contributed by atoms with Crippen molar-refractivity contribution in [3.8, 4) is 11.1 Å². The minimum atomic E-state index is 0.714. The minimum absolute atomic E-state index is 0.714. The largest absolute Gasteiger partial charge is 0.313 e. The summed E-state index contributed by atoms with van der Waals surface area (Å²) >= 11 is 0. The van der Waals surface area contributed by atoms with Crippen LogP contribution in [0.5, 0.6) is 0 Å². The highest BCUT2D eigenvalue weighted by atomic mass is 14.8. The standard InChI is InChI=1S/C19H25N/c1-4-20-14-17-7-11-19(12-8-17)18-9-5-16(6-10-18)13-15(2)3/h5-12,15,20H,4,13-14H2,1-3H3. The topological polar surface area (TPSA) is 12.0 Å². The van der Waals surface area contributed by atoms with E-state index in [1.165, 1.54) is 22.3 Å². The van der Waals surface area contributed by atoms with E-state index in [1.807, 2.05) is 0 Å². The van der Waals surface area contributed by atoms with Crippen molar-refractivity contribution < 1.29 is 0 Å². The Bertz CT molecular complexity index is 508. The number of hydrogen-bond donors (Lipinski definition) is 1. The molecular weight excluding hydrogens is 242 g/mol. The number of nitrogens with one attached hydrogen (secondary N) is 1. The molecule has 0 heterocycles. The van der Waals surface area contributed by atoms with Crippen LogP contribution in [0.4, 0.5) is 0 Å². The summed E-state index contributed by atoms with van der Waals surface area (Å²) in [6.45, 7) is 8.62. The first-order chi connectivity index (χ1) is 9.69. The zero-order chi connectivity index (χ0) is 14.4. The molecule has 0 amide bonds. The van der Waals surface area contributed by atoms with Gasteiger partial charge in [-0.2, -0.15) is 0 Å². The summed E-state index contributed by atoms with van der Waals surface area (Å²) in [5.41, 5.74) is 5.35. The number of rotatable bonds is 6. The molecule has 0 aromatic heterocycles. The van der Waals surface area contributed by atoms with E-state index in [9.17, 15) is 0 Å². The molecule has 2 rings (SSSR count). The number of benzene rings is 2. The third-order valence-electron chi connectivity index (χ3n) is 3.46. The molecule has 0 aliphatic carbocycles. The highest BCUT2D eigenvalue weighted by Gasteiger charge is 2.01. The van der Waals surface area contributed by atoms with Crippen LogP contribution in [0.15, 0.2) is 48.5 Å². The van der Waals surface area contributed by atoms with Gasteiger partial charge in [-0.3, -0.25) is 0 Å². The van der Waals surface area contributed by atoms with Crippen LogP contribution < -0.4 is 5.32 Å². The lowest BCUT2D eigenvalue weighted by Gasteiger charge is -2.08. The van der Waals surface area contributed by atoms with Gasteiger partial charge in [-0.05, 0) is 41.1 Å². The van der Waals surface area contributed by atoms with E-state index in [0.717, 1.165) is 19.5 Å². The Morgan fingerprint density at radius 2 is 1.30 bits per heavy atom. The Morgan fingerprint density at radius 3 is 1.75 bits per heavy atom. The molecule has 2 aromatic rings. The smallest absolute Gasteiger partial charge is 0.0205 e. The van der Waals surface area contributed by atoms with Crippen molar-refractivity contribution in [2.75, 3.05) is 6.54 Å². The molecule has 0 fully saturated rings. The van der Waals surface area contributed by atoms with Gasteiger partial charge in [0.2, 0.25) is 0 Å². The molecule has 0 aliphatic rings. The van der Waals surface area contributed by atoms with E-state index in [1.54, 1.807) is 0 Å². The van der Waals surface area contributed by atoms with E-state index in [0.29, 0.717) is 5.92 Å². The Morgan fingerprint density at radius 1 is 0.800 bits per heavy atom. The summed E-state index contributed by atoms with van der Waals surface area (Å²) in [4.78, 5) is 0. The van der Waals surface area contributed by atoms with Crippen molar-refractivity contribution in [2.45, 2.75) is 33.7 Å². The molecule has 106 valence electrons. The van der Waals surface area contributed by atoms with Crippen LogP contribution in [-0.4, -0.2) is 6.54 Å². The highest BCUT2D eigenvalue weighted by molar-refractivity contribution is 5.63. The number of hydrogen-bond acceptors (Lipinski definition) is 1. The van der Waals surface area contributed by atoms with Crippen LogP contribution >= 0.6 is 0 Å². The minimum Gasteiger partial charge on any atom is -0.313 e. The average Bonchev–Trinajstić information content (AvgIpc) is 2.46. The zero-order valence-electron chi connectivity index (χ0n) is 12.8. The molecule has 2 aromatic carbocycles. The van der Waals surface area contributed by atoms with Crippen molar-refractivity contribution in [1.29, 1.82) is 0 Å². The van der Waals surface area contributed by atoms with Gasteiger partial charge in [0, 0.05) is 6.54 Å². The van der Waals surface area contributed by atoms with Crippen molar-refractivity contribution in [3.05, 3.63) is 59.7 Å². The fourth-order valence-electron chi connectivity index (χ4n) is 2.39. The summed E-state index contributed by atoms with van der Waals surface area (Å²) in [5.74, 6) is 0.714. The first-order valence-corrected chi connectivity index (χ1v) is 7.58. The molecular formula is C19H25N. The monoisotopic (exact) mass is 267 g/mol. The van der Waals surface area contributed by atoms with Crippen LogP contribution in [-0.2, 0) is 13.0 Å². The molecule has 0 atom stereocenters. The van der Waals surface area contributed by atoms with E-state index in [4.69, 9.17) is 0 Å².